The summed E-state index contributed by atoms with van der Waals surface area (Å²) in [5, 5.41) is 1.04. The Labute approximate surface area is 147 Å². The molecule has 1 aromatic heterocycles. The molecule has 0 amide bonds. The van der Waals surface area contributed by atoms with Crippen LogP contribution in [0.15, 0.2) is 33.4 Å². The van der Waals surface area contributed by atoms with Gasteiger partial charge in [0, 0.05) is 6.04 Å². The third kappa shape index (κ3) is 6.19. The topological polar surface area (TPSA) is 48.4 Å². The number of hydrogen-bond acceptors (Lipinski definition) is 3. The molecule has 0 saturated heterocycles. The quantitative estimate of drug-likeness (QED) is 0.482. The molecule has 2 N–H and O–H groups in total. The highest BCUT2D eigenvalue weighted by molar-refractivity contribution is 9.10. The molecule has 0 radical (unpaired) electrons. The summed E-state index contributed by atoms with van der Waals surface area (Å²) in [6.45, 7) is 2.86. The van der Waals surface area contributed by atoms with Gasteiger partial charge in [0.1, 0.15) is 5.75 Å². The lowest BCUT2D eigenvalue weighted by Gasteiger charge is -2.08. The molecule has 128 valence electrons. The zero-order valence-electron chi connectivity index (χ0n) is 14.0. The van der Waals surface area contributed by atoms with Gasteiger partial charge in [-0.1, -0.05) is 38.5 Å². The van der Waals surface area contributed by atoms with E-state index in [1.54, 1.807) is 6.26 Å². The van der Waals surface area contributed by atoms with Crippen molar-refractivity contribution in [3.8, 4) is 5.75 Å². The Kier molecular flexibility index (Phi) is 7.96. The minimum Gasteiger partial charge on any atom is -0.493 e. The van der Waals surface area contributed by atoms with Crippen molar-refractivity contribution < 1.29 is 9.15 Å². The molecule has 23 heavy (non-hydrogen) atoms. The second-order valence-corrected chi connectivity index (χ2v) is 7.15. The van der Waals surface area contributed by atoms with Crippen molar-refractivity contribution in [1.29, 1.82) is 0 Å². The molecular weight excluding hydrogens is 354 g/mol. The standard InChI is InChI=1S/C19H28BrNO2/c1-15(21)9-7-5-3-2-4-6-8-13-22-18-11-10-17(20)19-16(18)12-14-23-19/h10-12,14-15H,2-9,13,21H2,1H3. The molecule has 3 nitrogen and oxygen atoms in total. The molecule has 2 aromatic rings. The van der Waals surface area contributed by atoms with Gasteiger partial charge in [0.25, 0.3) is 0 Å². The maximum atomic E-state index is 5.91. The Morgan fingerprint density at radius 1 is 1.04 bits per heavy atom. The molecule has 0 saturated carbocycles. The molecule has 1 heterocycles. The first-order valence-electron chi connectivity index (χ1n) is 8.72. The fourth-order valence-corrected chi connectivity index (χ4v) is 3.20. The molecule has 0 bridgehead atoms. The number of ether oxygens (including phenoxy) is 1. The van der Waals surface area contributed by atoms with E-state index in [1.807, 2.05) is 18.2 Å². The first kappa shape index (κ1) is 18.3. The molecule has 0 aliphatic rings. The third-order valence-corrected chi connectivity index (χ3v) is 4.71. The van der Waals surface area contributed by atoms with Crippen LogP contribution in [0.3, 0.4) is 0 Å². The van der Waals surface area contributed by atoms with Crippen molar-refractivity contribution in [2.24, 2.45) is 5.73 Å². The van der Waals surface area contributed by atoms with Crippen LogP contribution in [0.1, 0.15) is 58.3 Å². The van der Waals surface area contributed by atoms with E-state index in [2.05, 4.69) is 22.9 Å². The van der Waals surface area contributed by atoms with E-state index in [4.69, 9.17) is 14.9 Å². The number of fused-ring (bicyclic) bond motifs is 1. The normalized spacial score (nSPS) is 12.7. The van der Waals surface area contributed by atoms with E-state index in [0.717, 1.165) is 40.6 Å². The Morgan fingerprint density at radius 3 is 2.48 bits per heavy atom. The lowest BCUT2D eigenvalue weighted by atomic mass is 10.1. The van der Waals surface area contributed by atoms with E-state index in [0.29, 0.717) is 6.04 Å². The van der Waals surface area contributed by atoms with Gasteiger partial charge < -0.3 is 14.9 Å². The number of hydrogen-bond donors (Lipinski definition) is 1. The summed E-state index contributed by atoms with van der Waals surface area (Å²) in [7, 11) is 0. The van der Waals surface area contributed by atoms with Crippen LogP contribution in [0.4, 0.5) is 0 Å². The third-order valence-electron chi connectivity index (χ3n) is 4.09. The fraction of sp³-hybridized carbons (Fsp3) is 0.579. The summed E-state index contributed by atoms with van der Waals surface area (Å²) < 4.78 is 12.3. The minimum absolute atomic E-state index is 0.354. The van der Waals surface area contributed by atoms with Gasteiger partial charge in [0.2, 0.25) is 0 Å². The summed E-state index contributed by atoms with van der Waals surface area (Å²) in [5.41, 5.74) is 6.61. The number of rotatable bonds is 11. The van der Waals surface area contributed by atoms with Crippen LogP contribution in [0, 0.1) is 0 Å². The maximum absolute atomic E-state index is 5.91. The highest BCUT2D eigenvalue weighted by atomic mass is 79.9. The van der Waals surface area contributed by atoms with Crippen molar-refractivity contribution in [1.82, 2.24) is 0 Å². The average Bonchev–Trinajstić information content (AvgIpc) is 3.01. The fourth-order valence-electron chi connectivity index (χ4n) is 2.76. The van der Waals surface area contributed by atoms with E-state index in [-0.39, 0.29) is 0 Å². The molecule has 1 aromatic carbocycles. The van der Waals surface area contributed by atoms with Crippen molar-refractivity contribution in [3.63, 3.8) is 0 Å². The van der Waals surface area contributed by atoms with Gasteiger partial charge in [-0.2, -0.15) is 0 Å². The highest BCUT2D eigenvalue weighted by Gasteiger charge is 2.08. The summed E-state index contributed by atoms with van der Waals surface area (Å²) in [4.78, 5) is 0. The molecule has 1 atom stereocenters. The number of unbranched alkanes of at least 4 members (excludes halogenated alkanes) is 6. The van der Waals surface area contributed by atoms with Crippen LogP contribution >= 0.6 is 15.9 Å². The number of halogens is 1. The van der Waals surface area contributed by atoms with Crippen LogP contribution in [0.2, 0.25) is 0 Å². The van der Waals surface area contributed by atoms with Crippen molar-refractivity contribution in [2.45, 2.75) is 64.3 Å². The smallest absolute Gasteiger partial charge is 0.151 e. The van der Waals surface area contributed by atoms with Gasteiger partial charge in [0.15, 0.2) is 5.58 Å². The lowest BCUT2D eigenvalue weighted by Crippen LogP contribution is -2.13. The van der Waals surface area contributed by atoms with Gasteiger partial charge in [0.05, 0.1) is 22.7 Å². The number of benzene rings is 1. The van der Waals surface area contributed by atoms with Crippen molar-refractivity contribution >= 4 is 26.9 Å². The Hall–Kier alpha value is -1.00. The summed E-state index contributed by atoms with van der Waals surface area (Å²) in [6, 6.07) is 6.29. The van der Waals surface area contributed by atoms with E-state index in [9.17, 15) is 0 Å². The predicted octanol–water partition coefficient (Wildman–Crippen LogP) is 6.04. The second kappa shape index (κ2) is 9.99. The molecule has 0 aliphatic heterocycles. The minimum atomic E-state index is 0.354. The zero-order valence-corrected chi connectivity index (χ0v) is 15.6. The van der Waals surface area contributed by atoms with Crippen LogP contribution in [-0.4, -0.2) is 12.6 Å². The van der Waals surface area contributed by atoms with Crippen molar-refractivity contribution in [3.05, 3.63) is 28.9 Å². The molecular formula is C19H28BrNO2. The van der Waals surface area contributed by atoms with Gasteiger partial charge in [-0.3, -0.25) is 0 Å². The Bertz CT molecular complexity index is 580. The van der Waals surface area contributed by atoms with Gasteiger partial charge in [-0.15, -0.1) is 0 Å². The van der Waals surface area contributed by atoms with Gasteiger partial charge in [-0.25, -0.2) is 0 Å². The zero-order chi connectivity index (χ0) is 16.5. The van der Waals surface area contributed by atoms with Crippen LogP contribution < -0.4 is 10.5 Å². The van der Waals surface area contributed by atoms with E-state index < -0.39 is 0 Å². The molecule has 0 aliphatic carbocycles. The Morgan fingerprint density at radius 2 is 1.74 bits per heavy atom. The summed E-state index contributed by atoms with van der Waals surface area (Å²) in [6.07, 6.45) is 11.7. The van der Waals surface area contributed by atoms with E-state index in [1.165, 1.54) is 38.5 Å². The lowest BCUT2D eigenvalue weighted by molar-refractivity contribution is 0.307. The molecule has 0 fully saturated rings. The molecule has 1 unspecified atom stereocenters. The highest BCUT2D eigenvalue weighted by Crippen LogP contribution is 2.32. The summed E-state index contributed by atoms with van der Waals surface area (Å²) in [5.74, 6) is 0.910. The van der Waals surface area contributed by atoms with E-state index >= 15 is 0 Å². The monoisotopic (exact) mass is 381 g/mol. The largest absolute Gasteiger partial charge is 0.493 e. The summed E-state index contributed by atoms with van der Waals surface area (Å²) >= 11 is 3.49. The molecule has 0 spiro atoms. The molecule has 2 rings (SSSR count). The van der Waals surface area contributed by atoms with Crippen LogP contribution in [-0.2, 0) is 0 Å². The van der Waals surface area contributed by atoms with Gasteiger partial charge >= 0.3 is 0 Å². The first-order valence-corrected chi connectivity index (χ1v) is 9.52. The van der Waals surface area contributed by atoms with Crippen LogP contribution in [0.5, 0.6) is 5.75 Å². The van der Waals surface area contributed by atoms with Crippen LogP contribution in [0.25, 0.3) is 11.0 Å². The molecule has 4 heteroatoms. The average molecular weight is 382 g/mol. The second-order valence-electron chi connectivity index (χ2n) is 6.30. The van der Waals surface area contributed by atoms with Gasteiger partial charge in [-0.05, 0) is 53.9 Å². The first-order chi connectivity index (χ1) is 11.2. The predicted molar refractivity (Wildman–Crippen MR) is 100.0 cm³/mol. The number of furan rings is 1. The maximum Gasteiger partial charge on any atom is 0.151 e. The Balaban J connectivity index is 1.55. The van der Waals surface area contributed by atoms with Crippen molar-refractivity contribution in [2.75, 3.05) is 6.61 Å². The SMILES string of the molecule is CC(N)CCCCCCCCCOc1ccc(Br)c2occc12. The number of nitrogens with two attached hydrogens (primary N) is 1.